The molecular formula is C15H34O2Si2. The Labute approximate surface area is 122 Å². The molecule has 0 unspecified atom stereocenters. The van der Waals surface area contributed by atoms with Gasteiger partial charge in [-0.3, -0.25) is 0 Å². The summed E-state index contributed by atoms with van der Waals surface area (Å²) in [4.78, 5) is 0. The predicted molar refractivity (Wildman–Crippen MR) is 90.3 cm³/mol. The summed E-state index contributed by atoms with van der Waals surface area (Å²) in [6.07, 6.45) is 1.85. The highest BCUT2D eigenvalue weighted by Gasteiger charge is 2.40. The van der Waals surface area contributed by atoms with Crippen LogP contribution in [0.3, 0.4) is 0 Å². The van der Waals surface area contributed by atoms with Crippen molar-refractivity contribution >= 4 is 16.6 Å². The van der Waals surface area contributed by atoms with Crippen LogP contribution in [0.2, 0.25) is 36.3 Å². The lowest BCUT2D eigenvalue weighted by molar-refractivity contribution is 0.345. The van der Waals surface area contributed by atoms with Crippen molar-refractivity contribution in [2.45, 2.75) is 84.7 Å². The van der Waals surface area contributed by atoms with Gasteiger partial charge in [0.15, 0.2) is 0 Å². The van der Waals surface area contributed by atoms with Crippen molar-refractivity contribution in [2.24, 2.45) is 0 Å². The van der Waals surface area contributed by atoms with Gasteiger partial charge in [-0.1, -0.05) is 41.5 Å². The van der Waals surface area contributed by atoms with Gasteiger partial charge in [-0.15, -0.1) is 0 Å². The van der Waals surface area contributed by atoms with Crippen LogP contribution < -0.4 is 0 Å². The molecule has 0 bridgehead atoms. The van der Waals surface area contributed by atoms with Crippen LogP contribution in [0, 0.1) is 0 Å². The first-order chi connectivity index (χ1) is 8.10. The van der Waals surface area contributed by atoms with E-state index in [1.54, 1.807) is 0 Å². The van der Waals surface area contributed by atoms with Crippen molar-refractivity contribution in [3.05, 3.63) is 12.0 Å². The number of rotatable bonds is 4. The van der Waals surface area contributed by atoms with Crippen LogP contribution in [0.5, 0.6) is 0 Å². The first kappa shape index (κ1) is 18.8. The minimum absolute atomic E-state index is 0.221. The van der Waals surface area contributed by atoms with Crippen molar-refractivity contribution < 1.29 is 8.85 Å². The predicted octanol–water partition coefficient (Wildman–Crippen LogP) is 5.89. The molecule has 0 spiro atoms. The Morgan fingerprint density at radius 3 is 1.47 bits per heavy atom. The third-order valence-electron chi connectivity index (χ3n) is 4.55. The Morgan fingerprint density at radius 1 is 0.789 bits per heavy atom. The summed E-state index contributed by atoms with van der Waals surface area (Å²) in [7, 11) is -3.47. The summed E-state index contributed by atoms with van der Waals surface area (Å²) in [5.41, 5.74) is 0. The van der Waals surface area contributed by atoms with Gasteiger partial charge in [0.1, 0.15) is 12.0 Å². The molecule has 2 nitrogen and oxygen atoms in total. The van der Waals surface area contributed by atoms with Crippen LogP contribution >= 0.6 is 0 Å². The Balaban J connectivity index is 4.79. The van der Waals surface area contributed by atoms with Crippen LogP contribution in [0.1, 0.15) is 48.5 Å². The zero-order valence-electron chi connectivity index (χ0n) is 14.9. The van der Waals surface area contributed by atoms with Crippen LogP contribution in [0.15, 0.2) is 12.0 Å². The highest BCUT2D eigenvalue weighted by atomic mass is 28.4. The summed E-state index contributed by atoms with van der Waals surface area (Å²) in [5, 5.41) is 0.444. The molecule has 0 amide bonds. The van der Waals surface area contributed by atoms with E-state index >= 15 is 0 Å². The molecule has 0 saturated carbocycles. The first-order valence-corrected chi connectivity index (χ1v) is 13.0. The van der Waals surface area contributed by atoms with E-state index in [-0.39, 0.29) is 10.1 Å². The fourth-order valence-corrected chi connectivity index (χ4v) is 2.96. The van der Waals surface area contributed by atoms with Gasteiger partial charge in [0.2, 0.25) is 16.6 Å². The van der Waals surface area contributed by atoms with Crippen molar-refractivity contribution in [2.75, 3.05) is 0 Å². The van der Waals surface area contributed by atoms with Gasteiger partial charge in [-0.25, -0.2) is 0 Å². The zero-order valence-corrected chi connectivity index (χ0v) is 16.9. The molecule has 0 rings (SSSR count). The average Bonchev–Trinajstić information content (AvgIpc) is 2.10. The number of allylic oxidation sites excluding steroid dienone is 1. The molecule has 0 N–H and O–H groups in total. The summed E-state index contributed by atoms with van der Waals surface area (Å²) in [5.74, 6) is 0.913. The standard InChI is InChI=1S/C15H34O2Si2/c1-13(17-19(10,11)15(5,6)7)12-16-18(8,9)14(2,3)4/h12H,1-11H3/b13-12-. The summed E-state index contributed by atoms with van der Waals surface area (Å²) < 4.78 is 12.3. The van der Waals surface area contributed by atoms with Crippen LogP contribution in [0.25, 0.3) is 0 Å². The third-order valence-corrected chi connectivity index (χ3v) is 13.3. The van der Waals surface area contributed by atoms with Gasteiger partial charge < -0.3 is 8.85 Å². The van der Waals surface area contributed by atoms with Crippen molar-refractivity contribution in [3.8, 4) is 0 Å². The SMILES string of the molecule is C/C(=C/O[Si](C)(C)C(C)(C)C)O[Si](C)(C)C(C)(C)C. The molecule has 0 atom stereocenters. The van der Waals surface area contributed by atoms with Gasteiger partial charge in [0.25, 0.3) is 0 Å². The second-order valence-corrected chi connectivity index (χ2v) is 18.0. The molecular weight excluding hydrogens is 268 g/mol. The maximum Gasteiger partial charge on any atom is 0.250 e. The van der Waals surface area contributed by atoms with E-state index in [9.17, 15) is 0 Å². The van der Waals surface area contributed by atoms with E-state index in [4.69, 9.17) is 8.85 Å². The molecule has 0 aliphatic carbocycles. The van der Waals surface area contributed by atoms with E-state index in [0.29, 0.717) is 0 Å². The molecule has 114 valence electrons. The van der Waals surface area contributed by atoms with E-state index in [0.717, 1.165) is 5.76 Å². The minimum atomic E-state index is -1.74. The second kappa shape index (κ2) is 5.64. The first-order valence-electron chi connectivity index (χ1n) is 7.14. The van der Waals surface area contributed by atoms with Crippen LogP contribution in [0.4, 0.5) is 0 Å². The van der Waals surface area contributed by atoms with E-state index in [1.165, 1.54) is 0 Å². The zero-order chi connectivity index (χ0) is 15.7. The van der Waals surface area contributed by atoms with E-state index < -0.39 is 16.6 Å². The Bertz CT molecular complexity index is 331. The molecule has 0 aromatic carbocycles. The molecule has 4 heteroatoms. The Hall–Kier alpha value is -0.226. The van der Waals surface area contributed by atoms with Gasteiger partial charge in [-0.05, 0) is 43.2 Å². The fraction of sp³-hybridized carbons (Fsp3) is 0.867. The normalized spacial score (nSPS) is 15.4. The molecule has 0 aliphatic rings. The molecule has 0 aromatic rings. The topological polar surface area (TPSA) is 18.5 Å². The molecule has 0 aliphatic heterocycles. The monoisotopic (exact) mass is 302 g/mol. The van der Waals surface area contributed by atoms with Crippen molar-refractivity contribution in [1.29, 1.82) is 0 Å². The Kier molecular flexibility index (Phi) is 5.57. The van der Waals surface area contributed by atoms with Gasteiger partial charge in [-0.2, -0.15) is 0 Å². The number of hydrogen-bond acceptors (Lipinski definition) is 2. The highest BCUT2D eigenvalue weighted by Crippen LogP contribution is 2.39. The average molecular weight is 303 g/mol. The molecule has 0 radical (unpaired) electrons. The molecule has 19 heavy (non-hydrogen) atoms. The number of hydrogen-bond donors (Lipinski definition) is 0. The molecule has 0 aromatic heterocycles. The fourth-order valence-electron chi connectivity index (χ4n) is 0.987. The lowest BCUT2D eigenvalue weighted by Crippen LogP contribution is -2.41. The van der Waals surface area contributed by atoms with Crippen LogP contribution in [-0.4, -0.2) is 16.6 Å². The Morgan fingerprint density at radius 2 is 1.16 bits per heavy atom. The van der Waals surface area contributed by atoms with Crippen molar-refractivity contribution in [3.63, 3.8) is 0 Å². The molecule has 0 fully saturated rings. The quantitative estimate of drug-likeness (QED) is 0.476. The van der Waals surface area contributed by atoms with Gasteiger partial charge in [0, 0.05) is 0 Å². The summed E-state index contributed by atoms with van der Waals surface area (Å²) in [6, 6.07) is 0. The third kappa shape index (κ3) is 5.34. The lowest BCUT2D eigenvalue weighted by atomic mass is 10.2. The lowest BCUT2D eigenvalue weighted by Gasteiger charge is -2.38. The molecule has 0 heterocycles. The summed E-state index contributed by atoms with van der Waals surface area (Å²) in [6.45, 7) is 24.5. The largest absolute Gasteiger partial charge is 0.546 e. The maximum atomic E-state index is 6.21. The van der Waals surface area contributed by atoms with Crippen LogP contribution in [-0.2, 0) is 8.85 Å². The van der Waals surface area contributed by atoms with E-state index in [2.05, 4.69) is 67.7 Å². The molecule has 0 saturated heterocycles. The second-order valence-electron chi connectivity index (χ2n) is 8.47. The van der Waals surface area contributed by atoms with Crippen molar-refractivity contribution in [1.82, 2.24) is 0 Å². The minimum Gasteiger partial charge on any atom is -0.546 e. The highest BCUT2D eigenvalue weighted by molar-refractivity contribution is 6.74. The summed E-state index contributed by atoms with van der Waals surface area (Å²) >= 11 is 0. The smallest absolute Gasteiger partial charge is 0.250 e. The van der Waals surface area contributed by atoms with Gasteiger partial charge in [0.05, 0.1) is 0 Å². The van der Waals surface area contributed by atoms with Gasteiger partial charge >= 0.3 is 0 Å². The maximum absolute atomic E-state index is 6.21. The van der Waals surface area contributed by atoms with E-state index in [1.807, 2.05) is 13.2 Å².